The zero-order chi connectivity index (χ0) is 13.7. The lowest BCUT2D eigenvalue weighted by molar-refractivity contribution is -0.116. The first-order chi connectivity index (χ1) is 9.22. The second-order valence-electron chi connectivity index (χ2n) is 6.22. The minimum absolute atomic E-state index is 0. The Kier molecular flexibility index (Phi) is 8.54. The second-order valence-corrected chi connectivity index (χ2v) is 7.54. The summed E-state index contributed by atoms with van der Waals surface area (Å²) in [5.74, 6) is 1.02. The average molecular weight is 320 g/mol. The molecule has 0 N–H and O–H groups in total. The van der Waals surface area contributed by atoms with Gasteiger partial charge in [-0.15, -0.1) is 12.4 Å². The van der Waals surface area contributed by atoms with E-state index in [2.05, 4.69) is 18.7 Å². The summed E-state index contributed by atoms with van der Waals surface area (Å²) in [6, 6.07) is 0. The third-order valence-corrected chi connectivity index (χ3v) is 5.99. The van der Waals surface area contributed by atoms with E-state index >= 15 is 0 Å². The van der Waals surface area contributed by atoms with E-state index in [9.17, 15) is 4.79 Å². The molecule has 0 aromatic carbocycles. The van der Waals surface area contributed by atoms with Crippen LogP contribution in [0.1, 0.15) is 65.2 Å². The Morgan fingerprint density at radius 2 is 1.80 bits per heavy atom. The molecule has 2 atom stereocenters. The highest BCUT2D eigenvalue weighted by Gasteiger charge is 2.32. The Hall–Kier alpha value is 0.270. The van der Waals surface area contributed by atoms with Gasteiger partial charge in [-0.2, -0.15) is 0 Å². The summed E-state index contributed by atoms with van der Waals surface area (Å²) >= 11 is 1.62. The van der Waals surface area contributed by atoms with Gasteiger partial charge in [0.25, 0.3) is 0 Å². The first-order valence-corrected chi connectivity index (χ1v) is 9.05. The molecule has 2 nitrogen and oxygen atoms in total. The minimum Gasteiger partial charge on any atom is -0.291 e. The predicted molar refractivity (Wildman–Crippen MR) is 90.5 cm³/mol. The monoisotopic (exact) mass is 319 g/mol. The lowest BCUT2D eigenvalue weighted by atomic mass is 9.88. The molecule has 2 aliphatic rings. The van der Waals surface area contributed by atoms with E-state index in [4.69, 9.17) is 0 Å². The maximum absolute atomic E-state index is 12.6. The molecule has 1 saturated heterocycles. The average Bonchev–Trinajstić information content (AvgIpc) is 3.07. The van der Waals surface area contributed by atoms with Crippen molar-refractivity contribution in [2.75, 3.05) is 13.1 Å². The number of likely N-dealkylation sites (tertiary alicyclic amines) is 1. The number of rotatable bonds is 6. The molecule has 4 heteroatoms. The molecule has 20 heavy (non-hydrogen) atoms. The van der Waals surface area contributed by atoms with Crippen molar-refractivity contribution in [2.24, 2.45) is 11.8 Å². The Balaban J connectivity index is 0.00000200. The molecule has 118 valence electrons. The maximum Gasteiger partial charge on any atom is 0.193 e. The number of hydrogen-bond acceptors (Lipinski definition) is 3. The van der Waals surface area contributed by atoms with Crippen molar-refractivity contribution in [1.82, 2.24) is 4.90 Å². The van der Waals surface area contributed by atoms with Gasteiger partial charge < -0.3 is 0 Å². The van der Waals surface area contributed by atoms with Gasteiger partial charge in [0.1, 0.15) is 0 Å². The van der Waals surface area contributed by atoms with Crippen LogP contribution in [0, 0.1) is 11.8 Å². The lowest BCUT2D eigenvalue weighted by Gasteiger charge is -2.26. The van der Waals surface area contributed by atoms with Crippen molar-refractivity contribution >= 4 is 29.3 Å². The fraction of sp³-hybridized carbons (Fsp3) is 0.938. The Morgan fingerprint density at radius 1 is 1.20 bits per heavy atom. The molecule has 0 amide bonds. The van der Waals surface area contributed by atoms with E-state index < -0.39 is 0 Å². The van der Waals surface area contributed by atoms with Crippen LogP contribution in [0.3, 0.4) is 0 Å². The van der Waals surface area contributed by atoms with Gasteiger partial charge in [0, 0.05) is 5.92 Å². The molecule has 0 aromatic heterocycles. The fourth-order valence-electron chi connectivity index (χ4n) is 3.65. The quantitative estimate of drug-likeness (QED) is 0.706. The number of carbonyl (C=O) groups is 1. The number of hydrogen-bond donors (Lipinski definition) is 0. The van der Waals surface area contributed by atoms with Crippen LogP contribution < -0.4 is 0 Å². The standard InChI is InChI=1S/C16H29NOS.ClH/c1-3-8-15(14-9-4-5-10-14)16(18)19-13(2)17-11-6-7-12-17;/h13-15H,3-12H2,1-2H3;1H. The summed E-state index contributed by atoms with van der Waals surface area (Å²) < 4.78 is 0. The van der Waals surface area contributed by atoms with E-state index in [-0.39, 0.29) is 12.4 Å². The largest absolute Gasteiger partial charge is 0.291 e. The van der Waals surface area contributed by atoms with Crippen LogP contribution >= 0.6 is 24.2 Å². The maximum atomic E-state index is 12.6. The van der Waals surface area contributed by atoms with Crippen molar-refractivity contribution in [3.63, 3.8) is 0 Å². The normalized spacial score (nSPS) is 23.5. The molecule has 0 bridgehead atoms. The fourth-order valence-corrected chi connectivity index (χ4v) is 4.83. The molecule has 1 saturated carbocycles. The molecular formula is C16H30ClNOS. The predicted octanol–water partition coefficient (Wildman–Crippen LogP) is 4.72. The highest BCUT2D eigenvalue weighted by Crippen LogP contribution is 2.37. The van der Waals surface area contributed by atoms with Crippen molar-refractivity contribution in [2.45, 2.75) is 70.6 Å². The topological polar surface area (TPSA) is 20.3 Å². The molecule has 0 radical (unpaired) electrons. The van der Waals surface area contributed by atoms with E-state index in [1.165, 1.54) is 51.6 Å². The van der Waals surface area contributed by atoms with E-state index in [1.807, 2.05) is 0 Å². The molecule has 2 rings (SSSR count). The number of nitrogens with zero attached hydrogens (tertiary/aromatic N) is 1. The molecule has 1 aliphatic heterocycles. The SMILES string of the molecule is CCCC(C(=O)SC(C)N1CCCC1)C1CCCC1.Cl. The Labute approximate surface area is 134 Å². The van der Waals surface area contributed by atoms with Gasteiger partial charge in [-0.05, 0) is 58.0 Å². The highest BCUT2D eigenvalue weighted by molar-refractivity contribution is 8.14. The van der Waals surface area contributed by atoms with E-state index in [1.54, 1.807) is 11.8 Å². The number of carbonyl (C=O) groups excluding carboxylic acids is 1. The molecule has 2 unspecified atom stereocenters. The summed E-state index contributed by atoms with van der Waals surface area (Å²) in [7, 11) is 0. The van der Waals surface area contributed by atoms with Crippen molar-refractivity contribution in [3.05, 3.63) is 0 Å². The van der Waals surface area contributed by atoms with Crippen molar-refractivity contribution in [3.8, 4) is 0 Å². The highest BCUT2D eigenvalue weighted by atomic mass is 35.5. The van der Waals surface area contributed by atoms with E-state index in [0.29, 0.717) is 22.3 Å². The lowest BCUT2D eigenvalue weighted by Crippen LogP contribution is -2.30. The third kappa shape index (κ3) is 4.92. The van der Waals surface area contributed by atoms with Crippen molar-refractivity contribution < 1.29 is 4.79 Å². The van der Waals surface area contributed by atoms with Gasteiger partial charge in [-0.3, -0.25) is 9.69 Å². The third-order valence-electron chi connectivity index (χ3n) is 4.81. The summed E-state index contributed by atoms with van der Waals surface area (Å²) in [4.78, 5) is 15.1. The zero-order valence-corrected chi connectivity index (χ0v) is 14.6. The van der Waals surface area contributed by atoms with Gasteiger partial charge in [0.2, 0.25) is 0 Å². The Bertz CT molecular complexity index is 288. The summed E-state index contributed by atoms with van der Waals surface area (Å²) in [5, 5.41) is 0.865. The summed E-state index contributed by atoms with van der Waals surface area (Å²) in [6.07, 6.45) is 10.1. The zero-order valence-electron chi connectivity index (χ0n) is 13.0. The van der Waals surface area contributed by atoms with Gasteiger partial charge in [0.15, 0.2) is 5.12 Å². The summed E-state index contributed by atoms with van der Waals surface area (Å²) in [5.41, 5.74) is 0. The van der Waals surface area contributed by atoms with Gasteiger partial charge in [-0.25, -0.2) is 0 Å². The molecule has 0 aromatic rings. The van der Waals surface area contributed by atoms with Crippen molar-refractivity contribution in [1.29, 1.82) is 0 Å². The molecule has 1 heterocycles. The first-order valence-electron chi connectivity index (χ1n) is 8.17. The van der Waals surface area contributed by atoms with Crippen LogP contribution in [-0.2, 0) is 4.79 Å². The second kappa shape index (κ2) is 9.32. The van der Waals surface area contributed by atoms with E-state index in [0.717, 1.165) is 12.8 Å². The van der Waals surface area contributed by atoms with Crippen LogP contribution in [0.5, 0.6) is 0 Å². The van der Waals surface area contributed by atoms with Crippen LogP contribution in [-0.4, -0.2) is 28.5 Å². The van der Waals surface area contributed by atoms with Gasteiger partial charge in [0.05, 0.1) is 5.37 Å². The summed E-state index contributed by atoms with van der Waals surface area (Å²) in [6.45, 7) is 6.79. The molecular weight excluding hydrogens is 290 g/mol. The molecule has 2 fully saturated rings. The van der Waals surface area contributed by atoms with Crippen LogP contribution in [0.25, 0.3) is 0 Å². The Morgan fingerprint density at radius 3 is 2.35 bits per heavy atom. The van der Waals surface area contributed by atoms with Gasteiger partial charge >= 0.3 is 0 Å². The molecule has 1 aliphatic carbocycles. The van der Waals surface area contributed by atoms with Crippen LogP contribution in [0.2, 0.25) is 0 Å². The minimum atomic E-state index is 0. The first kappa shape index (κ1) is 18.3. The van der Waals surface area contributed by atoms with Crippen LogP contribution in [0.4, 0.5) is 0 Å². The van der Waals surface area contributed by atoms with Crippen LogP contribution in [0.15, 0.2) is 0 Å². The number of halogens is 1. The molecule has 0 spiro atoms. The number of thioether (sulfide) groups is 1. The smallest absolute Gasteiger partial charge is 0.193 e. The van der Waals surface area contributed by atoms with Gasteiger partial charge in [-0.1, -0.05) is 37.9 Å².